The van der Waals surface area contributed by atoms with Gasteiger partial charge >= 0.3 is 6.09 Å². The maximum Gasteiger partial charge on any atom is 0.418 e. The fraction of sp³-hybridized carbons (Fsp3) is 0.440. The maximum absolute atomic E-state index is 13.1. The van der Waals surface area contributed by atoms with Crippen LogP contribution < -0.4 is 10.2 Å². The van der Waals surface area contributed by atoms with E-state index in [1.165, 1.54) is 0 Å². The van der Waals surface area contributed by atoms with Crippen LogP contribution in [0.1, 0.15) is 25.7 Å². The zero-order valence-electron chi connectivity index (χ0n) is 19.8. The van der Waals surface area contributed by atoms with E-state index < -0.39 is 27.9 Å². The molecule has 0 aromatic heterocycles. The van der Waals surface area contributed by atoms with Gasteiger partial charge < -0.3 is 14.8 Å². The third-order valence-corrected chi connectivity index (χ3v) is 7.40. The molecule has 196 valence electrons. The largest absolute Gasteiger partial charge is 0.449 e. The molecule has 11 heteroatoms. The first-order valence-corrected chi connectivity index (χ1v) is 14.5. The van der Waals surface area contributed by atoms with Crippen molar-refractivity contribution in [2.75, 3.05) is 37.0 Å². The van der Waals surface area contributed by atoms with Gasteiger partial charge in [0.2, 0.25) is 5.91 Å². The average molecular weight is 631 g/mol. The molecule has 2 aromatic rings. The molecule has 1 saturated carbocycles. The predicted molar refractivity (Wildman–Crippen MR) is 145 cm³/mol. The van der Waals surface area contributed by atoms with Gasteiger partial charge in [0.05, 0.1) is 30.3 Å². The van der Waals surface area contributed by atoms with Crippen molar-refractivity contribution in [2.24, 2.45) is 11.8 Å². The first kappa shape index (κ1) is 28.4. The Morgan fingerprint density at radius 1 is 0.944 bits per heavy atom. The minimum absolute atomic E-state index is 0.156. The smallest absolute Gasteiger partial charge is 0.418 e. The first-order chi connectivity index (χ1) is 17.2. The van der Waals surface area contributed by atoms with E-state index in [0.29, 0.717) is 19.1 Å². The van der Waals surface area contributed by atoms with Gasteiger partial charge in [0, 0.05) is 10.1 Å². The molecule has 2 N–H and O–H groups in total. The van der Waals surface area contributed by atoms with E-state index in [9.17, 15) is 18.0 Å². The highest BCUT2D eigenvalue weighted by molar-refractivity contribution is 14.1. The van der Waals surface area contributed by atoms with Crippen LogP contribution >= 0.6 is 22.6 Å². The Hall–Kier alpha value is -2.22. The molecular weight excluding hydrogens is 599 g/mol. The molecule has 1 aliphatic rings. The van der Waals surface area contributed by atoms with Gasteiger partial charge in [-0.15, -0.1) is 0 Å². The summed E-state index contributed by atoms with van der Waals surface area (Å²) in [5.74, 6) is -0.366. The Morgan fingerprint density at radius 3 is 2.14 bits per heavy atom. The standard InChI is InChI=1S/C25H31IN2O7S/c26-21-10-12-23(13-11-21)28(22-4-2-1-3-5-22)25(30)35-17-20-8-6-19(7-9-20)16-34-18-24(29)27-14-15-36(31,32)33/h1-5,10-13,19-20H,6-9,14-18H2,(H,27,29)(H,31,32,33). The summed E-state index contributed by atoms with van der Waals surface area (Å²) in [6, 6.07) is 17.1. The Kier molecular flexibility index (Phi) is 11.0. The fourth-order valence-electron chi connectivity index (χ4n) is 4.03. The van der Waals surface area contributed by atoms with Crippen LogP contribution in [0, 0.1) is 15.4 Å². The predicted octanol–water partition coefficient (Wildman–Crippen LogP) is 4.39. The minimum Gasteiger partial charge on any atom is -0.449 e. The molecule has 0 spiro atoms. The highest BCUT2D eigenvalue weighted by atomic mass is 127. The monoisotopic (exact) mass is 630 g/mol. The Balaban J connectivity index is 1.40. The summed E-state index contributed by atoms with van der Waals surface area (Å²) in [5, 5.41) is 2.39. The lowest BCUT2D eigenvalue weighted by Crippen LogP contribution is -2.33. The lowest BCUT2D eigenvalue weighted by Gasteiger charge is -2.29. The van der Waals surface area contributed by atoms with E-state index in [0.717, 1.165) is 40.6 Å². The zero-order chi connectivity index (χ0) is 26.0. The molecule has 0 bridgehead atoms. The third kappa shape index (κ3) is 9.68. The molecular formula is C25H31IN2O7S. The van der Waals surface area contributed by atoms with E-state index >= 15 is 0 Å². The molecule has 0 unspecified atom stereocenters. The highest BCUT2D eigenvalue weighted by Gasteiger charge is 2.25. The number of benzene rings is 2. The molecule has 2 amide bonds. The van der Waals surface area contributed by atoms with Crippen molar-refractivity contribution in [3.05, 3.63) is 58.2 Å². The van der Waals surface area contributed by atoms with Gasteiger partial charge in [-0.25, -0.2) is 9.69 Å². The molecule has 2 aromatic carbocycles. The summed E-state index contributed by atoms with van der Waals surface area (Å²) in [5.41, 5.74) is 1.49. The maximum atomic E-state index is 13.1. The number of halogens is 1. The number of carbonyl (C=O) groups is 2. The second-order valence-electron chi connectivity index (χ2n) is 8.76. The van der Waals surface area contributed by atoms with E-state index in [2.05, 4.69) is 27.9 Å². The quantitative estimate of drug-likeness (QED) is 0.279. The van der Waals surface area contributed by atoms with Crippen molar-refractivity contribution in [3.63, 3.8) is 0 Å². The van der Waals surface area contributed by atoms with Crippen LogP contribution in [-0.4, -0.2) is 57.1 Å². The number of ether oxygens (including phenoxy) is 2. The van der Waals surface area contributed by atoms with E-state index in [4.69, 9.17) is 14.0 Å². The zero-order valence-corrected chi connectivity index (χ0v) is 22.8. The highest BCUT2D eigenvalue weighted by Crippen LogP contribution is 2.31. The van der Waals surface area contributed by atoms with Crippen LogP contribution in [0.4, 0.5) is 16.2 Å². The summed E-state index contributed by atoms with van der Waals surface area (Å²) >= 11 is 2.23. The Bertz CT molecular complexity index is 1090. The van der Waals surface area contributed by atoms with Crippen LogP contribution in [0.15, 0.2) is 54.6 Å². The number of nitrogens with one attached hydrogen (secondary N) is 1. The van der Waals surface area contributed by atoms with Crippen LogP contribution in [0.2, 0.25) is 0 Å². The van der Waals surface area contributed by atoms with Gasteiger partial charge in [0.1, 0.15) is 6.61 Å². The Labute approximate surface area is 225 Å². The molecule has 0 atom stereocenters. The summed E-state index contributed by atoms with van der Waals surface area (Å²) in [6.45, 7) is 0.468. The molecule has 3 rings (SSSR count). The van der Waals surface area contributed by atoms with Gasteiger partial charge in [-0.1, -0.05) is 18.2 Å². The molecule has 36 heavy (non-hydrogen) atoms. The molecule has 0 saturated heterocycles. The summed E-state index contributed by atoms with van der Waals surface area (Å²) in [6.07, 6.45) is 3.21. The first-order valence-electron chi connectivity index (χ1n) is 11.8. The average Bonchev–Trinajstić information content (AvgIpc) is 2.85. The summed E-state index contributed by atoms with van der Waals surface area (Å²) < 4.78 is 42.3. The number of carbonyl (C=O) groups excluding carboxylic acids is 2. The van der Waals surface area contributed by atoms with Gasteiger partial charge in [-0.05, 0) is 96.5 Å². The molecule has 1 aliphatic carbocycles. The SMILES string of the molecule is O=C(COCC1CCC(COC(=O)N(c2ccccc2)c2ccc(I)cc2)CC1)NCCS(=O)(=O)O. The van der Waals surface area contributed by atoms with E-state index in [-0.39, 0.29) is 19.1 Å². The molecule has 0 heterocycles. The number of anilines is 2. The molecule has 0 aliphatic heterocycles. The van der Waals surface area contributed by atoms with Crippen molar-refractivity contribution in [1.82, 2.24) is 5.32 Å². The van der Waals surface area contributed by atoms with Gasteiger partial charge in [0.15, 0.2) is 0 Å². The van der Waals surface area contributed by atoms with Crippen molar-refractivity contribution in [3.8, 4) is 0 Å². The number of hydrogen-bond donors (Lipinski definition) is 2. The number of amides is 2. The van der Waals surface area contributed by atoms with Crippen LogP contribution in [0.25, 0.3) is 0 Å². The van der Waals surface area contributed by atoms with Gasteiger partial charge in [-0.2, -0.15) is 8.42 Å². The molecule has 1 fully saturated rings. The lowest BCUT2D eigenvalue weighted by molar-refractivity contribution is -0.126. The van der Waals surface area contributed by atoms with E-state index in [1.807, 2.05) is 54.6 Å². The third-order valence-electron chi connectivity index (χ3n) is 5.96. The normalized spacial score (nSPS) is 17.8. The summed E-state index contributed by atoms with van der Waals surface area (Å²) in [7, 11) is -4.10. The van der Waals surface area contributed by atoms with E-state index in [1.54, 1.807) is 4.90 Å². The Morgan fingerprint density at radius 2 is 1.53 bits per heavy atom. The fourth-order valence-corrected chi connectivity index (χ4v) is 4.75. The van der Waals surface area contributed by atoms with Crippen LogP contribution in [-0.2, 0) is 24.4 Å². The lowest BCUT2D eigenvalue weighted by atomic mass is 9.83. The van der Waals surface area contributed by atoms with Crippen LogP contribution in [0.3, 0.4) is 0 Å². The van der Waals surface area contributed by atoms with Crippen molar-refractivity contribution < 1.29 is 32.0 Å². The van der Waals surface area contributed by atoms with Gasteiger partial charge in [0.25, 0.3) is 10.1 Å². The second kappa shape index (κ2) is 13.9. The van der Waals surface area contributed by atoms with Crippen molar-refractivity contribution in [1.29, 1.82) is 0 Å². The van der Waals surface area contributed by atoms with Crippen LogP contribution in [0.5, 0.6) is 0 Å². The molecule has 9 nitrogen and oxygen atoms in total. The number of nitrogens with zero attached hydrogens (tertiary/aromatic N) is 1. The number of rotatable bonds is 11. The molecule has 0 radical (unpaired) electrons. The summed E-state index contributed by atoms with van der Waals surface area (Å²) in [4.78, 5) is 26.3. The van der Waals surface area contributed by atoms with Crippen molar-refractivity contribution >= 4 is 56.1 Å². The number of hydrogen-bond acceptors (Lipinski definition) is 6. The topological polar surface area (TPSA) is 122 Å². The number of para-hydroxylation sites is 1. The minimum atomic E-state index is -4.10. The van der Waals surface area contributed by atoms with Crippen molar-refractivity contribution in [2.45, 2.75) is 25.7 Å². The second-order valence-corrected chi connectivity index (χ2v) is 11.6. The van der Waals surface area contributed by atoms with Gasteiger partial charge in [-0.3, -0.25) is 9.35 Å².